The zero-order valence-electron chi connectivity index (χ0n) is 33.6. The highest BCUT2D eigenvalue weighted by molar-refractivity contribution is 7.25. The van der Waals surface area contributed by atoms with Gasteiger partial charge >= 0.3 is 0 Å². The second-order valence-electron chi connectivity index (χ2n) is 16.8. The standard InChI is InChI=1S/C58H41NS/c1-57(2)50-34-32-42(36-49(50)56-44(26-16-29-53(56)57)38-17-5-3-6-18-38)59(43-31-33-48-47-25-11-14-30-54(47)60-55(48)37-43)41-22-15-21-40(35-41)58(39-19-7-4-8-20-39)51-27-12-9-23-45(51)46-24-10-13-28-52(46)58/h3-37H,1-2H3. The first-order valence-corrected chi connectivity index (χ1v) is 21.7. The highest BCUT2D eigenvalue weighted by Crippen LogP contribution is 2.58. The molecule has 0 bridgehead atoms. The molecule has 12 rings (SSSR count). The average molecular weight is 784 g/mol. The van der Waals surface area contributed by atoms with Crippen LogP contribution in [-0.4, -0.2) is 0 Å². The number of hydrogen-bond donors (Lipinski definition) is 0. The molecule has 2 aliphatic rings. The van der Waals surface area contributed by atoms with Crippen LogP contribution in [0.15, 0.2) is 212 Å². The molecule has 0 unspecified atom stereocenters. The Morgan fingerprint density at radius 2 is 0.933 bits per heavy atom. The summed E-state index contributed by atoms with van der Waals surface area (Å²) in [6.07, 6.45) is 0. The van der Waals surface area contributed by atoms with Crippen molar-refractivity contribution < 1.29 is 0 Å². The van der Waals surface area contributed by atoms with Crippen LogP contribution in [-0.2, 0) is 10.8 Å². The Labute approximate surface area is 355 Å². The summed E-state index contributed by atoms with van der Waals surface area (Å²) in [5.41, 5.74) is 18.4. The smallest absolute Gasteiger partial charge is 0.0714 e. The van der Waals surface area contributed by atoms with Gasteiger partial charge in [0.25, 0.3) is 0 Å². The van der Waals surface area contributed by atoms with E-state index in [2.05, 4.69) is 231 Å². The Balaban J connectivity index is 1.12. The van der Waals surface area contributed by atoms with E-state index >= 15 is 0 Å². The lowest BCUT2D eigenvalue weighted by atomic mass is 9.67. The van der Waals surface area contributed by atoms with E-state index in [1.54, 1.807) is 0 Å². The third-order valence-electron chi connectivity index (χ3n) is 13.3. The molecule has 2 aliphatic carbocycles. The normalized spacial score (nSPS) is 14.1. The zero-order chi connectivity index (χ0) is 40.0. The molecule has 0 amide bonds. The van der Waals surface area contributed by atoms with Gasteiger partial charge in [0.1, 0.15) is 0 Å². The van der Waals surface area contributed by atoms with Crippen molar-refractivity contribution in [3.63, 3.8) is 0 Å². The van der Waals surface area contributed by atoms with Crippen molar-refractivity contribution in [2.24, 2.45) is 0 Å². The van der Waals surface area contributed by atoms with Crippen molar-refractivity contribution in [2.75, 3.05) is 4.90 Å². The Morgan fingerprint density at radius 1 is 0.367 bits per heavy atom. The molecule has 2 heteroatoms. The molecular weight excluding hydrogens is 743 g/mol. The fourth-order valence-electron chi connectivity index (χ4n) is 10.7. The van der Waals surface area contributed by atoms with Gasteiger partial charge in [-0.3, -0.25) is 0 Å². The van der Waals surface area contributed by atoms with Crippen molar-refractivity contribution in [3.05, 3.63) is 246 Å². The van der Waals surface area contributed by atoms with Gasteiger partial charge in [-0.05, 0) is 109 Å². The molecule has 0 spiro atoms. The molecule has 10 aromatic rings. The summed E-state index contributed by atoms with van der Waals surface area (Å²) in [7, 11) is 0. The van der Waals surface area contributed by atoms with Crippen LogP contribution in [0.5, 0.6) is 0 Å². The Kier molecular flexibility index (Phi) is 7.73. The fourth-order valence-corrected chi connectivity index (χ4v) is 11.8. The van der Waals surface area contributed by atoms with E-state index in [1.807, 2.05) is 11.3 Å². The number of anilines is 3. The van der Waals surface area contributed by atoms with Crippen LogP contribution in [0, 0.1) is 0 Å². The molecule has 1 nitrogen and oxygen atoms in total. The third kappa shape index (κ3) is 4.98. The van der Waals surface area contributed by atoms with Crippen LogP contribution in [0.25, 0.3) is 53.6 Å². The van der Waals surface area contributed by atoms with Crippen LogP contribution >= 0.6 is 11.3 Å². The van der Waals surface area contributed by atoms with Gasteiger partial charge in [-0.25, -0.2) is 0 Å². The van der Waals surface area contributed by atoms with Crippen LogP contribution in [0.1, 0.15) is 47.2 Å². The van der Waals surface area contributed by atoms with Gasteiger partial charge in [-0.1, -0.05) is 184 Å². The van der Waals surface area contributed by atoms with Crippen molar-refractivity contribution in [2.45, 2.75) is 24.7 Å². The highest BCUT2D eigenvalue weighted by Gasteiger charge is 2.46. The van der Waals surface area contributed by atoms with Crippen LogP contribution in [0.2, 0.25) is 0 Å². The molecule has 9 aromatic carbocycles. The van der Waals surface area contributed by atoms with Crippen molar-refractivity contribution in [3.8, 4) is 33.4 Å². The SMILES string of the molecule is CC1(C)c2ccc(N(c3cccc(C4(c5ccccc5)c5ccccc5-c5ccccc54)c3)c3ccc4c(c3)sc3ccccc34)cc2-c2c(-c3ccccc3)cccc21. The molecular formula is C58H41NS. The minimum atomic E-state index is -0.503. The van der Waals surface area contributed by atoms with Crippen molar-refractivity contribution >= 4 is 48.6 Å². The highest BCUT2D eigenvalue weighted by atomic mass is 32.1. The summed E-state index contributed by atoms with van der Waals surface area (Å²) in [5, 5.41) is 2.61. The second-order valence-corrected chi connectivity index (χ2v) is 17.9. The molecule has 0 radical (unpaired) electrons. The number of nitrogens with zero attached hydrogens (tertiary/aromatic N) is 1. The van der Waals surface area contributed by atoms with Crippen molar-refractivity contribution in [1.29, 1.82) is 0 Å². The van der Waals surface area contributed by atoms with E-state index in [0.29, 0.717) is 0 Å². The van der Waals surface area contributed by atoms with Crippen molar-refractivity contribution in [1.82, 2.24) is 0 Å². The van der Waals surface area contributed by atoms with Gasteiger partial charge in [0.15, 0.2) is 0 Å². The van der Waals surface area contributed by atoms with Gasteiger partial charge < -0.3 is 4.90 Å². The number of hydrogen-bond acceptors (Lipinski definition) is 2. The van der Waals surface area contributed by atoms with Gasteiger partial charge in [0.2, 0.25) is 0 Å². The van der Waals surface area contributed by atoms with E-state index in [0.717, 1.165) is 17.1 Å². The molecule has 0 saturated carbocycles. The second kappa shape index (κ2) is 13.3. The monoisotopic (exact) mass is 783 g/mol. The molecule has 1 aromatic heterocycles. The van der Waals surface area contributed by atoms with E-state index < -0.39 is 5.41 Å². The summed E-state index contributed by atoms with van der Waals surface area (Å²) in [5.74, 6) is 0. The molecule has 0 N–H and O–H groups in total. The summed E-state index contributed by atoms with van der Waals surface area (Å²) in [6.45, 7) is 4.76. The molecule has 284 valence electrons. The number of thiophene rings is 1. The van der Waals surface area contributed by atoms with Gasteiger partial charge in [0.05, 0.1) is 5.41 Å². The summed E-state index contributed by atoms with van der Waals surface area (Å²) >= 11 is 1.87. The minimum Gasteiger partial charge on any atom is -0.310 e. The first-order chi connectivity index (χ1) is 29.5. The summed E-state index contributed by atoms with van der Waals surface area (Å²) in [6, 6.07) is 79.3. The lowest BCUT2D eigenvalue weighted by Crippen LogP contribution is -2.28. The van der Waals surface area contributed by atoms with E-state index in [9.17, 15) is 0 Å². The maximum Gasteiger partial charge on any atom is 0.0714 e. The molecule has 60 heavy (non-hydrogen) atoms. The molecule has 0 atom stereocenters. The summed E-state index contributed by atoms with van der Waals surface area (Å²) in [4.78, 5) is 2.50. The molecule has 0 saturated heterocycles. The molecule has 0 fully saturated rings. The molecule has 0 aliphatic heterocycles. The number of benzene rings is 9. The first-order valence-electron chi connectivity index (χ1n) is 20.9. The minimum absolute atomic E-state index is 0.139. The Bertz CT molecular complexity index is 3250. The van der Waals surface area contributed by atoms with E-state index in [1.165, 1.54) is 86.9 Å². The predicted molar refractivity (Wildman–Crippen MR) is 254 cm³/mol. The maximum atomic E-state index is 2.50. The molecule has 1 heterocycles. The van der Waals surface area contributed by atoms with Crippen LogP contribution in [0.3, 0.4) is 0 Å². The summed E-state index contributed by atoms with van der Waals surface area (Å²) < 4.78 is 2.60. The van der Waals surface area contributed by atoms with Gasteiger partial charge in [-0.2, -0.15) is 0 Å². The zero-order valence-corrected chi connectivity index (χ0v) is 34.4. The predicted octanol–water partition coefficient (Wildman–Crippen LogP) is 15.9. The van der Waals surface area contributed by atoms with E-state index in [4.69, 9.17) is 0 Å². The lowest BCUT2D eigenvalue weighted by Gasteiger charge is -2.35. The van der Waals surface area contributed by atoms with E-state index in [-0.39, 0.29) is 5.41 Å². The van der Waals surface area contributed by atoms with Gasteiger partial charge in [-0.15, -0.1) is 11.3 Å². The third-order valence-corrected chi connectivity index (χ3v) is 14.5. The number of fused-ring (bicyclic) bond motifs is 9. The Hall–Kier alpha value is -7.00. The fraction of sp³-hybridized carbons (Fsp3) is 0.0690. The topological polar surface area (TPSA) is 3.24 Å². The van der Waals surface area contributed by atoms with Crippen LogP contribution in [0.4, 0.5) is 17.1 Å². The largest absolute Gasteiger partial charge is 0.310 e. The van der Waals surface area contributed by atoms with Crippen LogP contribution < -0.4 is 4.90 Å². The quantitative estimate of drug-likeness (QED) is 0.162. The van der Waals surface area contributed by atoms with Gasteiger partial charge in [0, 0.05) is 42.6 Å². The first kappa shape index (κ1) is 35.0. The maximum absolute atomic E-state index is 2.50. The average Bonchev–Trinajstić information content (AvgIpc) is 3.91. The lowest BCUT2D eigenvalue weighted by molar-refractivity contribution is 0.660. The Morgan fingerprint density at radius 3 is 1.72 bits per heavy atom. The number of rotatable bonds is 6.